The molecule has 1 N–H and O–H groups in total. The second-order valence-corrected chi connectivity index (χ2v) is 15.4. The number of pyridine rings is 1. The number of carbonyl (C=O) groups is 1. The lowest BCUT2D eigenvalue weighted by Gasteiger charge is -2.62. The molecule has 0 atom stereocenters. The van der Waals surface area contributed by atoms with E-state index in [-0.39, 0.29) is 34.5 Å². The van der Waals surface area contributed by atoms with Gasteiger partial charge in [-0.05, 0) is 67.6 Å². The van der Waals surface area contributed by atoms with Crippen molar-refractivity contribution in [2.24, 2.45) is 10.8 Å². The van der Waals surface area contributed by atoms with Crippen molar-refractivity contribution in [1.29, 1.82) is 5.26 Å². The first-order valence-electron chi connectivity index (χ1n) is 16.1. The highest BCUT2D eigenvalue weighted by Gasteiger charge is 2.55. The number of fused-ring (bicyclic) bond motifs is 2. The number of anilines is 3. The summed E-state index contributed by atoms with van der Waals surface area (Å²) in [5.74, 6) is -0.546. The van der Waals surface area contributed by atoms with E-state index in [0.29, 0.717) is 38.7 Å². The molecule has 9 rings (SSSR count). The second kappa shape index (κ2) is 10.2. The van der Waals surface area contributed by atoms with Crippen LogP contribution in [0.25, 0.3) is 22.2 Å². The van der Waals surface area contributed by atoms with Gasteiger partial charge < -0.3 is 19.8 Å². The van der Waals surface area contributed by atoms with Crippen LogP contribution in [0.5, 0.6) is 0 Å². The number of hydrogen-bond acceptors (Lipinski definition) is 9. The van der Waals surface area contributed by atoms with E-state index in [1.807, 2.05) is 22.9 Å². The molecule has 2 aliphatic carbocycles. The number of nitrogens with zero attached hydrogens (tertiary/aromatic N) is 7. The minimum absolute atomic E-state index is 0.115. The summed E-state index contributed by atoms with van der Waals surface area (Å²) in [4.78, 5) is 31.0. The summed E-state index contributed by atoms with van der Waals surface area (Å²) in [6.07, 6.45) is 3.04. The first kappa shape index (κ1) is 29.0. The number of aryl methyl sites for hydroxylation is 1. The Bertz CT molecular complexity index is 2000. The van der Waals surface area contributed by atoms with E-state index in [9.17, 15) is 19.6 Å². The number of hydrogen-bond donors (Lipinski definition) is 1. The van der Waals surface area contributed by atoms with Crippen molar-refractivity contribution in [3.63, 3.8) is 0 Å². The number of nitriles is 1. The van der Waals surface area contributed by atoms with Crippen LogP contribution in [0.15, 0.2) is 36.4 Å². The zero-order valence-electron chi connectivity index (χ0n) is 26.0. The van der Waals surface area contributed by atoms with Gasteiger partial charge in [-0.15, -0.1) is 0 Å². The molecule has 2 aromatic heterocycles. The SMILES string of the molecule is CN(c1nc(-c2ccc(F)cc2)c(C#N)s1)c1c2c(nc3c(F)cc(N4CC5(CN(CC(=O)N6CC7(CC(O)C7)C6)C5)C4)cc13)CC2. The molecule has 5 aliphatic rings. The summed E-state index contributed by atoms with van der Waals surface area (Å²) in [5.41, 5.74) is 5.39. The first-order chi connectivity index (χ1) is 22.6. The van der Waals surface area contributed by atoms with Crippen molar-refractivity contribution < 1.29 is 18.7 Å². The number of amides is 1. The zero-order valence-corrected chi connectivity index (χ0v) is 26.8. The highest BCUT2D eigenvalue weighted by molar-refractivity contribution is 7.16. The number of rotatable bonds is 6. The molecule has 2 spiro atoms. The summed E-state index contributed by atoms with van der Waals surface area (Å²) in [5, 5.41) is 20.8. The maximum atomic E-state index is 15.8. The van der Waals surface area contributed by atoms with E-state index < -0.39 is 0 Å². The summed E-state index contributed by atoms with van der Waals surface area (Å²) in [6.45, 7) is 5.30. The normalized spacial score (nSPS) is 20.6. The van der Waals surface area contributed by atoms with E-state index in [4.69, 9.17) is 9.97 Å². The van der Waals surface area contributed by atoms with Crippen molar-refractivity contribution in [2.45, 2.75) is 31.8 Å². The van der Waals surface area contributed by atoms with Gasteiger partial charge in [-0.25, -0.2) is 18.7 Å². The maximum Gasteiger partial charge on any atom is 0.236 e. The Morgan fingerprint density at radius 1 is 1.06 bits per heavy atom. The Kier molecular flexibility index (Phi) is 6.27. The number of aliphatic hydroxyl groups excluding tert-OH is 1. The number of halogens is 2. The molecule has 2 aromatic carbocycles. The molecule has 47 heavy (non-hydrogen) atoms. The fraction of sp³-hybridized carbons (Fsp3) is 0.429. The average molecular weight is 654 g/mol. The molecule has 1 saturated carbocycles. The fourth-order valence-corrected chi connectivity index (χ4v) is 9.35. The monoisotopic (exact) mass is 653 g/mol. The van der Waals surface area contributed by atoms with E-state index in [2.05, 4.69) is 15.9 Å². The molecule has 1 amide bonds. The van der Waals surface area contributed by atoms with Gasteiger partial charge in [0, 0.05) is 79.5 Å². The van der Waals surface area contributed by atoms with Crippen LogP contribution < -0.4 is 9.80 Å². The predicted molar refractivity (Wildman–Crippen MR) is 175 cm³/mol. The largest absolute Gasteiger partial charge is 0.393 e. The lowest BCUT2D eigenvalue weighted by atomic mass is 9.62. The third-order valence-corrected chi connectivity index (χ3v) is 11.9. The average Bonchev–Trinajstić information content (AvgIpc) is 3.40. The third kappa shape index (κ3) is 4.54. The van der Waals surface area contributed by atoms with Crippen molar-refractivity contribution in [3.8, 4) is 17.3 Å². The van der Waals surface area contributed by atoms with E-state index >= 15 is 4.39 Å². The van der Waals surface area contributed by atoms with E-state index in [1.165, 1.54) is 23.5 Å². The van der Waals surface area contributed by atoms with Gasteiger partial charge in [0.1, 0.15) is 28.0 Å². The predicted octanol–water partition coefficient (Wildman–Crippen LogP) is 4.48. The quantitative estimate of drug-likeness (QED) is 0.326. The second-order valence-electron chi connectivity index (χ2n) is 14.4. The smallest absolute Gasteiger partial charge is 0.236 e. The highest BCUT2D eigenvalue weighted by Crippen LogP contribution is 2.49. The van der Waals surface area contributed by atoms with Crippen LogP contribution in [0.2, 0.25) is 0 Å². The van der Waals surface area contributed by atoms with Crippen LogP contribution in [-0.2, 0) is 17.6 Å². The van der Waals surface area contributed by atoms with Crippen LogP contribution in [0.3, 0.4) is 0 Å². The van der Waals surface area contributed by atoms with Gasteiger partial charge >= 0.3 is 0 Å². The Labute approximate surface area is 274 Å². The molecule has 4 fully saturated rings. The molecule has 0 radical (unpaired) electrons. The van der Waals surface area contributed by atoms with E-state index in [0.717, 1.165) is 87.6 Å². The van der Waals surface area contributed by atoms with Gasteiger partial charge in [-0.3, -0.25) is 9.69 Å². The number of thiazole rings is 1. The van der Waals surface area contributed by atoms with Gasteiger partial charge in [-0.1, -0.05) is 11.3 Å². The van der Waals surface area contributed by atoms with Gasteiger partial charge in [0.15, 0.2) is 10.9 Å². The van der Waals surface area contributed by atoms with Crippen LogP contribution in [0, 0.1) is 33.8 Å². The molecular formula is C35H33F2N7O2S. The van der Waals surface area contributed by atoms with Crippen LogP contribution in [-0.4, -0.2) is 89.7 Å². The Balaban J connectivity index is 0.932. The van der Waals surface area contributed by atoms with Crippen molar-refractivity contribution in [1.82, 2.24) is 19.8 Å². The number of likely N-dealkylation sites (tertiary alicyclic amines) is 2. The summed E-state index contributed by atoms with van der Waals surface area (Å²) in [7, 11) is 1.89. The lowest BCUT2D eigenvalue weighted by molar-refractivity contribution is -0.166. The highest BCUT2D eigenvalue weighted by atomic mass is 32.1. The Morgan fingerprint density at radius 2 is 1.81 bits per heavy atom. The number of carbonyl (C=O) groups excluding carboxylic acids is 1. The summed E-state index contributed by atoms with van der Waals surface area (Å²) < 4.78 is 29.4. The zero-order chi connectivity index (χ0) is 32.2. The molecule has 0 unspecified atom stereocenters. The van der Waals surface area contributed by atoms with Crippen LogP contribution in [0.1, 0.15) is 29.0 Å². The van der Waals surface area contributed by atoms with Gasteiger partial charge in [0.05, 0.1) is 18.3 Å². The third-order valence-electron chi connectivity index (χ3n) is 10.9. The van der Waals surface area contributed by atoms with Gasteiger partial charge in [-0.2, -0.15) is 5.26 Å². The fourth-order valence-electron chi connectivity index (χ4n) is 8.50. The van der Waals surface area contributed by atoms with E-state index in [1.54, 1.807) is 18.2 Å². The van der Waals surface area contributed by atoms with Crippen molar-refractivity contribution in [3.05, 3.63) is 64.2 Å². The molecule has 4 aromatic rings. The molecule has 12 heteroatoms. The molecule has 0 bridgehead atoms. The molecular weight excluding hydrogens is 620 g/mol. The van der Waals surface area contributed by atoms with Gasteiger partial charge in [0.2, 0.25) is 5.91 Å². The standard InChI is InChI=1S/C35H33F2N7O2S/c1-41(33-40-30(28(12-38)47-33)20-2-4-21(36)5-3-20)32-24-6-7-27(24)39-31-25(32)8-22(9-26(31)37)43-18-35(19-43)14-42(15-35)13-29(46)44-16-34(17-44)10-23(45)11-34/h2-5,8-9,23,45H,6-7,10-11,13-19H2,1H3. The minimum atomic E-state index is -0.362. The Morgan fingerprint density at radius 3 is 2.47 bits per heavy atom. The van der Waals surface area contributed by atoms with Crippen LogP contribution >= 0.6 is 11.3 Å². The maximum absolute atomic E-state index is 15.8. The van der Waals surface area contributed by atoms with Crippen molar-refractivity contribution >= 4 is 44.7 Å². The van der Waals surface area contributed by atoms with Crippen LogP contribution in [0.4, 0.5) is 25.3 Å². The number of benzene rings is 2. The molecule has 3 saturated heterocycles. The molecule has 240 valence electrons. The molecule has 5 heterocycles. The molecule has 9 nitrogen and oxygen atoms in total. The summed E-state index contributed by atoms with van der Waals surface area (Å²) >= 11 is 1.26. The summed E-state index contributed by atoms with van der Waals surface area (Å²) in [6, 6.07) is 11.8. The number of aliphatic hydroxyl groups is 1. The topological polar surface area (TPSA) is 99.8 Å². The van der Waals surface area contributed by atoms with Crippen molar-refractivity contribution in [2.75, 3.05) is 62.7 Å². The van der Waals surface area contributed by atoms with Gasteiger partial charge in [0.25, 0.3) is 0 Å². The lowest BCUT2D eigenvalue weighted by Crippen LogP contribution is -2.73. The number of aromatic nitrogens is 2. The Hall–Kier alpha value is -4.18. The first-order valence-corrected chi connectivity index (χ1v) is 16.9. The minimum Gasteiger partial charge on any atom is -0.393 e. The molecule has 3 aliphatic heterocycles.